The summed E-state index contributed by atoms with van der Waals surface area (Å²) in [6.45, 7) is 4.45. The predicted molar refractivity (Wildman–Crippen MR) is 149 cm³/mol. The molecule has 2 atom stereocenters. The lowest BCUT2D eigenvalue weighted by Gasteiger charge is -2.38. The Bertz CT molecular complexity index is 1370. The Kier molecular flexibility index (Phi) is 8.82. The zero-order valence-electron chi connectivity index (χ0n) is 22.0. The second kappa shape index (κ2) is 12.3. The molecule has 202 valence electrons. The van der Waals surface area contributed by atoms with Crippen LogP contribution in [-0.2, 0) is 21.7 Å². The molecule has 2 amide bonds. The van der Waals surface area contributed by atoms with Gasteiger partial charge in [-0.25, -0.2) is 4.79 Å². The summed E-state index contributed by atoms with van der Waals surface area (Å²) in [5.74, 6) is -1.99. The number of fused-ring (bicyclic) bond motifs is 1. The van der Waals surface area contributed by atoms with E-state index in [-0.39, 0.29) is 23.6 Å². The highest BCUT2D eigenvalue weighted by molar-refractivity contribution is 6.30. The van der Waals surface area contributed by atoms with Crippen LogP contribution >= 0.6 is 11.6 Å². The lowest BCUT2D eigenvalue weighted by Crippen LogP contribution is -2.58. The highest BCUT2D eigenvalue weighted by atomic mass is 35.5. The molecule has 3 aromatic rings. The third kappa shape index (κ3) is 5.73. The number of halogens is 1. The van der Waals surface area contributed by atoms with Crippen molar-refractivity contribution in [1.29, 1.82) is 0 Å². The number of hydrogen-bond donors (Lipinski definition) is 1. The molecule has 3 aromatic carbocycles. The summed E-state index contributed by atoms with van der Waals surface area (Å²) < 4.78 is 6.07. The first-order valence-corrected chi connectivity index (χ1v) is 13.4. The molecule has 0 aliphatic carbocycles. The summed E-state index contributed by atoms with van der Waals surface area (Å²) in [5.41, 5.74) is -0.296. The highest BCUT2D eigenvalue weighted by Gasteiger charge is 2.58. The van der Waals surface area contributed by atoms with Gasteiger partial charge in [0.2, 0.25) is 0 Å². The SMILES string of the molecule is CCCCNC(=O)C1(OC(=O)c2ccccc2C=O)c2ccccc2C(=O)N1CC(C)Cc1ccc(Cl)cc1. The number of aldehydes is 1. The standard InChI is InChI=1S/C31H31ClN2O5/c1-3-4-17-33-30(38)31(39-29(37)25-10-6-5-9-23(25)20-35)27-12-8-7-11-26(27)28(36)34(31)19-21(2)18-22-13-15-24(32)16-14-22/h5-16,20-21H,3-4,17-19H2,1-2H3,(H,33,38). The van der Waals surface area contributed by atoms with Crippen LogP contribution in [0.4, 0.5) is 0 Å². The molecule has 0 spiro atoms. The van der Waals surface area contributed by atoms with Gasteiger partial charge >= 0.3 is 5.97 Å². The number of carbonyl (C=O) groups is 4. The van der Waals surface area contributed by atoms with Crippen LogP contribution in [0.3, 0.4) is 0 Å². The number of carbonyl (C=O) groups excluding carboxylic acids is 4. The van der Waals surface area contributed by atoms with Gasteiger partial charge in [0.25, 0.3) is 17.5 Å². The molecule has 0 fully saturated rings. The second-order valence-electron chi connectivity index (χ2n) is 9.75. The van der Waals surface area contributed by atoms with E-state index in [9.17, 15) is 19.2 Å². The molecule has 1 heterocycles. The van der Waals surface area contributed by atoms with E-state index in [1.807, 2.05) is 26.0 Å². The molecule has 4 rings (SSSR count). The van der Waals surface area contributed by atoms with Crippen LogP contribution in [0.1, 0.15) is 68.9 Å². The summed E-state index contributed by atoms with van der Waals surface area (Å²) in [6.07, 6.45) is 2.72. The third-order valence-electron chi connectivity index (χ3n) is 6.81. The summed E-state index contributed by atoms with van der Waals surface area (Å²) in [4.78, 5) is 54.4. The third-order valence-corrected chi connectivity index (χ3v) is 7.06. The monoisotopic (exact) mass is 546 g/mol. The Morgan fingerprint density at radius 2 is 1.74 bits per heavy atom. The van der Waals surface area contributed by atoms with Gasteiger partial charge in [0.1, 0.15) is 0 Å². The van der Waals surface area contributed by atoms with E-state index in [1.165, 1.54) is 17.0 Å². The molecule has 1 aliphatic heterocycles. The molecule has 8 heteroatoms. The number of nitrogens with zero attached hydrogens (tertiary/aromatic N) is 1. The molecule has 1 aliphatic rings. The Hall–Kier alpha value is -3.97. The molecule has 7 nitrogen and oxygen atoms in total. The maximum absolute atomic E-state index is 14.0. The number of ether oxygens (including phenoxy) is 1. The Morgan fingerprint density at radius 3 is 2.46 bits per heavy atom. The maximum Gasteiger partial charge on any atom is 0.341 e. The van der Waals surface area contributed by atoms with Gasteiger partial charge in [-0.2, -0.15) is 0 Å². The van der Waals surface area contributed by atoms with Gasteiger partial charge in [0, 0.05) is 34.8 Å². The highest BCUT2D eigenvalue weighted by Crippen LogP contribution is 2.42. The fourth-order valence-electron chi connectivity index (χ4n) is 4.88. The second-order valence-corrected chi connectivity index (χ2v) is 10.2. The fourth-order valence-corrected chi connectivity index (χ4v) is 5.01. The van der Waals surface area contributed by atoms with Gasteiger partial charge < -0.3 is 10.1 Å². The topological polar surface area (TPSA) is 92.8 Å². The van der Waals surface area contributed by atoms with E-state index in [0.717, 1.165) is 12.0 Å². The van der Waals surface area contributed by atoms with Crippen molar-refractivity contribution in [2.45, 2.75) is 38.8 Å². The average Bonchev–Trinajstić information content (AvgIpc) is 3.18. The minimum absolute atomic E-state index is 0.0132. The minimum atomic E-state index is -2.04. The minimum Gasteiger partial charge on any atom is -0.421 e. The zero-order valence-corrected chi connectivity index (χ0v) is 22.7. The largest absolute Gasteiger partial charge is 0.421 e. The average molecular weight is 547 g/mol. The molecule has 1 N–H and O–H groups in total. The number of benzene rings is 3. The van der Waals surface area contributed by atoms with E-state index in [2.05, 4.69) is 5.32 Å². The van der Waals surface area contributed by atoms with Crippen molar-refractivity contribution in [3.05, 3.63) is 106 Å². The van der Waals surface area contributed by atoms with Crippen LogP contribution in [-0.4, -0.2) is 42.1 Å². The fraction of sp³-hybridized carbons (Fsp3) is 0.290. The van der Waals surface area contributed by atoms with Crippen molar-refractivity contribution in [1.82, 2.24) is 10.2 Å². The van der Waals surface area contributed by atoms with Crippen molar-refractivity contribution in [2.75, 3.05) is 13.1 Å². The Labute approximate surface area is 233 Å². The lowest BCUT2D eigenvalue weighted by molar-refractivity contribution is -0.161. The van der Waals surface area contributed by atoms with Gasteiger partial charge in [-0.1, -0.05) is 80.4 Å². The van der Waals surface area contributed by atoms with Gasteiger partial charge in [0.05, 0.1) is 5.56 Å². The Morgan fingerprint density at radius 1 is 1.05 bits per heavy atom. The first-order chi connectivity index (χ1) is 18.8. The van der Waals surface area contributed by atoms with Crippen molar-refractivity contribution < 1.29 is 23.9 Å². The number of amides is 2. The van der Waals surface area contributed by atoms with E-state index >= 15 is 0 Å². The van der Waals surface area contributed by atoms with Gasteiger partial charge in [-0.05, 0) is 48.6 Å². The number of rotatable bonds is 11. The Balaban J connectivity index is 1.77. The van der Waals surface area contributed by atoms with Crippen LogP contribution in [0.15, 0.2) is 72.8 Å². The molecular weight excluding hydrogens is 516 g/mol. The van der Waals surface area contributed by atoms with Crippen LogP contribution in [0.2, 0.25) is 5.02 Å². The van der Waals surface area contributed by atoms with Crippen molar-refractivity contribution >= 4 is 35.7 Å². The summed E-state index contributed by atoms with van der Waals surface area (Å²) >= 11 is 6.03. The number of hydrogen-bond acceptors (Lipinski definition) is 5. The number of nitrogens with one attached hydrogen (secondary N) is 1. The smallest absolute Gasteiger partial charge is 0.341 e. The lowest BCUT2D eigenvalue weighted by atomic mass is 9.97. The molecule has 0 saturated heterocycles. The molecule has 2 unspecified atom stereocenters. The predicted octanol–water partition coefficient (Wildman–Crippen LogP) is 5.41. The molecule has 0 saturated carbocycles. The molecule has 0 bridgehead atoms. The molecule has 0 aromatic heterocycles. The molecular formula is C31H31ClN2O5. The van der Waals surface area contributed by atoms with Gasteiger partial charge in [0.15, 0.2) is 6.29 Å². The number of unbranched alkanes of at least 4 members (excludes halogenated alkanes) is 1. The number of esters is 1. The van der Waals surface area contributed by atoms with E-state index < -0.39 is 23.5 Å². The van der Waals surface area contributed by atoms with Crippen molar-refractivity contribution in [3.8, 4) is 0 Å². The van der Waals surface area contributed by atoms with Crippen molar-refractivity contribution in [2.24, 2.45) is 5.92 Å². The first-order valence-electron chi connectivity index (χ1n) is 13.0. The van der Waals surface area contributed by atoms with Crippen molar-refractivity contribution in [3.63, 3.8) is 0 Å². The molecule has 0 radical (unpaired) electrons. The van der Waals surface area contributed by atoms with Crippen LogP contribution in [0, 0.1) is 5.92 Å². The maximum atomic E-state index is 14.0. The van der Waals surface area contributed by atoms with E-state index in [4.69, 9.17) is 16.3 Å². The molecule has 39 heavy (non-hydrogen) atoms. The van der Waals surface area contributed by atoms with Gasteiger partial charge in [-0.3, -0.25) is 19.3 Å². The zero-order chi connectivity index (χ0) is 28.0. The van der Waals surface area contributed by atoms with Crippen LogP contribution in [0.25, 0.3) is 0 Å². The normalized spacial score (nSPS) is 16.9. The van der Waals surface area contributed by atoms with E-state index in [0.29, 0.717) is 41.8 Å². The summed E-state index contributed by atoms with van der Waals surface area (Å²) in [5, 5.41) is 3.50. The van der Waals surface area contributed by atoms with E-state index in [1.54, 1.807) is 48.5 Å². The van der Waals surface area contributed by atoms with Gasteiger partial charge in [-0.15, -0.1) is 0 Å². The van der Waals surface area contributed by atoms with Crippen LogP contribution < -0.4 is 5.32 Å². The van der Waals surface area contributed by atoms with Crippen LogP contribution in [0.5, 0.6) is 0 Å². The first kappa shape index (κ1) is 28.0. The summed E-state index contributed by atoms with van der Waals surface area (Å²) in [7, 11) is 0. The summed E-state index contributed by atoms with van der Waals surface area (Å²) in [6, 6.07) is 20.3. The quantitative estimate of drug-likeness (QED) is 0.197.